The summed E-state index contributed by atoms with van der Waals surface area (Å²) in [7, 11) is 1.33. The van der Waals surface area contributed by atoms with Crippen molar-refractivity contribution < 1.29 is 14.6 Å². The molecule has 1 aromatic heterocycles. The molecule has 0 spiro atoms. The molecule has 0 atom stereocenters. The molecule has 0 saturated heterocycles. The lowest BCUT2D eigenvalue weighted by atomic mass is 10.1. The van der Waals surface area contributed by atoms with Crippen molar-refractivity contribution in [3.05, 3.63) is 27.9 Å². The van der Waals surface area contributed by atoms with Crippen LogP contribution in [0.5, 0.6) is 5.75 Å². The van der Waals surface area contributed by atoms with Crippen molar-refractivity contribution in [1.82, 2.24) is 4.98 Å². The smallest absolute Gasteiger partial charge is 0.340 e. The van der Waals surface area contributed by atoms with Gasteiger partial charge in [0, 0.05) is 16.6 Å². The van der Waals surface area contributed by atoms with E-state index >= 15 is 0 Å². The minimum absolute atomic E-state index is 0.0941. The second-order valence-corrected chi connectivity index (χ2v) is 4.23. The summed E-state index contributed by atoms with van der Waals surface area (Å²) in [6.45, 7) is 1.79. The lowest BCUT2D eigenvalue weighted by Gasteiger charge is -2.02. The maximum absolute atomic E-state index is 11.6. The number of aromatic nitrogens is 1. The van der Waals surface area contributed by atoms with Gasteiger partial charge in [-0.3, -0.25) is 0 Å². The summed E-state index contributed by atoms with van der Waals surface area (Å²) < 4.78 is 5.21. The number of methoxy groups -OCH3 is 1. The third-order valence-electron chi connectivity index (χ3n) is 2.46. The second kappa shape index (κ2) is 3.83. The van der Waals surface area contributed by atoms with E-state index in [1.807, 2.05) is 0 Å². The van der Waals surface area contributed by atoms with Crippen molar-refractivity contribution in [2.75, 3.05) is 7.11 Å². The van der Waals surface area contributed by atoms with Crippen LogP contribution in [-0.4, -0.2) is 23.2 Å². The van der Waals surface area contributed by atoms with Gasteiger partial charge in [0.15, 0.2) is 0 Å². The molecule has 1 heterocycles. The molecule has 5 heteroatoms. The molecular weight excluding hydrogens is 274 g/mol. The second-order valence-electron chi connectivity index (χ2n) is 3.44. The molecule has 0 radical (unpaired) electrons. The average Bonchev–Trinajstić information content (AvgIpc) is 2.60. The topological polar surface area (TPSA) is 62.3 Å². The zero-order valence-electron chi connectivity index (χ0n) is 8.80. The number of hydrogen-bond acceptors (Lipinski definition) is 3. The van der Waals surface area contributed by atoms with Gasteiger partial charge >= 0.3 is 5.97 Å². The number of ether oxygens (including phenoxy) is 1. The van der Waals surface area contributed by atoms with Crippen molar-refractivity contribution in [2.45, 2.75) is 6.92 Å². The molecule has 4 nitrogen and oxygen atoms in total. The normalized spacial score (nSPS) is 10.7. The molecule has 16 heavy (non-hydrogen) atoms. The molecule has 0 saturated carbocycles. The third kappa shape index (κ3) is 1.48. The Morgan fingerprint density at radius 1 is 1.50 bits per heavy atom. The van der Waals surface area contributed by atoms with Crippen LogP contribution in [0, 0.1) is 6.92 Å². The van der Waals surface area contributed by atoms with Crippen molar-refractivity contribution >= 4 is 32.8 Å². The number of benzene rings is 1. The number of carbonyl (C=O) groups is 1. The van der Waals surface area contributed by atoms with Gasteiger partial charge < -0.3 is 14.8 Å². The maximum atomic E-state index is 11.6. The van der Waals surface area contributed by atoms with Crippen molar-refractivity contribution in [3.8, 4) is 5.75 Å². The predicted molar refractivity (Wildman–Crippen MR) is 63.7 cm³/mol. The van der Waals surface area contributed by atoms with Crippen molar-refractivity contribution in [1.29, 1.82) is 0 Å². The predicted octanol–water partition coefficient (Wildman–Crippen LogP) is 2.73. The van der Waals surface area contributed by atoms with E-state index in [-0.39, 0.29) is 5.75 Å². The summed E-state index contributed by atoms with van der Waals surface area (Å²) >= 11 is 3.26. The first-order valence-corrected chi connectivity index (χ1v) is 5.43. The highest BCUT2D eigenvalue weighted by atomic mass is 79.9. The van der Waals surface area contributed by atoms with Crippen LogP contribution in [0.1, 0.15) is 16.1 Å². The molecule has 1 aromatic carbocycles. The SMILES string of the molecule is COC(=O)c1c(C)[nH]c2ccc(O)c(Br)c12. The first-order chi connectivity index (χ1) is 7.56. The minimum atomic E-state index is -0.421. The number of fused-ring (bicyclic) bond motifs is 1. The Hall–Kier alpha value is -1.49. The first-order valence-electron chi connectivity index (χ1n) is 4.64. The number of aryl methyl sites for hydroxylation is 1. The van der Waals surface area contributed by atoms with Crippen LogP contribution in [0.15, 0.2) is 16.6 Å². The highest BCUT2D eigenvalue weighted by Crippen LogP contribution is 2.35. The Balaban J connectivity index is 2.86. The van der Waals surface area contributed by atoms with Gasteiger partial charge in [-0.2, -0.15) is 0 Å². The van der Waals surface area contributed by atoms with E-state index < -0.39 is 5.97 Å². The Kier molecular flexibility index (Phi) is 2.63. The quantitative estimate of drug-likeness (QED) is 0.791. The van der Waals surface area contributed by atoms with Gasteiger partial charge in [-0.1, -0.05) is 0 Å². The van der Waals surface area contributed by atoms with Gasteiger partial charge in [-0.25, -0.2) is 4.79 Å². The first kappa shape index (κ1) is 11.0. The lowest BCUT2D eigenvalue weighted by Crippen LogP contribution is -2.02. The van der Waals surface area contributed by atoms with Gasteiger partial charge in [0.1, 0.15) is 5.75 Å². The number of aromatic hydroxyl groups is 1. The molecule has 0 unspecified atom stereocenters. The molecule has 0 aliphatic rings. The number of nitrogens with one attached hydrogen (secondary N) is 1. The Bertz CT molecular complexity index is 574. The van der Waals surface area contributed by atoms with E-state index in [4.69, 9.17) is 4.74 Å². The van der Waals surface area contributed by atoms with Crippen LogP contribution in [0.4, 0.5) is 0 Å². The summed E-state index contributed by atoms with van der Waals surface area (Å²) in [6, 6.07) is 3.28. The molecule has 2 N–H and O–H groups in total. The van der Waals surface area contributed by atoms with Crippen LogP contribution in [0.25, 0.3) is 10.9 Å². The molecule has 2 rings (SSSR count). The molecular formula is C11H10BrNO3. The summed E-state index contributed by atoms with van der Waals surface area (Å²) in [4.78, 5) is 14.7. The van der Waals surface area contributed by atoms with Crippen molar-refractivity contribution in [3.63, 3.8) is 0 Å². The standard InChI is InChI=1S/C11H10BrNO3/c1-5-8(11(15)16-2)9-6(13-5)3-4-7(14)10(9)12/h3-4,13-14H,1-2H3. The van der Waals surface area contributed by atoms with Gasteiger partial charge in [-0.15, -0.1) is 0 Å². The third-order valence-corrected chi connectivity index (χ3v) is 3.26. The lowest BCUT2D eigenvalue weighted by molar-refractivity contribution is 0.0602. The highest BCUT2D eigenvalue weighted by Gasteiger charge is 2.19. The number of hydrogen-bond donors (Lipinski definition) is 2. The fraction of sp³-hybridized carbons (Fsp3) is 0.182. The van der Waals surface area contributed by atoms with E-state index in [1.54, 1.807) is 19.1 Å². The average molecular weight is 284 g/mol. The maximum Gasteiger partial charge on any atom is 0.340 e. The van der Waals surface area contributed by atoms with E-state index in [0.717, 1.165) is 5.52 Å². The molecule has 84 valence electrons. The van der Waals surface area contributed by atoms with Gasteiger partial charge in [0.05, 0.1) is 17.1 Å². The van der Waals surface area contributed by atoms with Crippen LogP contribution in [0.3, 0.4) is 0 Å². The monoisotopic (exact) mass is 283 g/mol. The summed E-state index contributed by atoms with van der Waals surface area (Å²) in [5.41, 5.74) is 1.94. The van der Waals surface area contributed by atoms with Crippen LogP contribution < -0.4 is 0 Å². The molecule has 0 aliphatic heterocycles. The summed E-state index contributed by atoms with van der Waals surface area (Å²) in [6.07, 6.45) is 0. The molecule has 2 aromatic rings. The Labute approximate surface area is 100 Å². The van der Waals surface area contributed by atoms with Crippen LogP contribution in [-0.2, 0) is 4.74 Å². The molecule has 0 bridgehead atoms. The van der Waals surface area contributed by atoms with E-state index in [1.165, 1.54) is 7.11 Å². The number of esters is 1. The summed E-state index contributed by atoms with van der Waals surface area (Å²) in [5.74, 6) is -0.327. The number of H-pyrrole nitrogens is 1. The number of carbonyl (C=O) groups excluding carboxylic acids is 1. The van der Waals surface area contributed by atoms with Crippen LogP contribution in [0.2, 0.25) is 0 Å². The summed E-state index contributed by atoms with van der Waals surface area (Å²) in [5, 5.41) is 10.2. The number of halogens is 1. The molecule has 0 amide bonds. The minimum Gasteiger partial charge on any atom is -0.507 e. The Morgan fingerprint density at radius 3 is 2.81 bits per heavy atom. The van der Waals surface area contributed by atoms with E-state index in [2.05, 4.69) is 20.9 Å². The number of phenolic OH excluding ortho intramolecular Hbond substituents is 1. The van der Waals surface area contributed by atoms with Gasteiger partial charge in [0.2, 0.25) is 0 Å². The zero-order valence-corrected chi connectivity index (χ0v) is 10.4. The number of rotatable bonds is 1. The highest BCUT2D eigenvalue weighted by molar-refractivity contribution is 9.10. The molecule has 0 aliphatic carbocycles. The van der Waals surface area contributed by atoms with Crippen LogP contribution >= 0.6 is 15.9 Å². The largest absolute Gasteiger partial charge is 0.507 e. The Morgan fingerprint density at radius 2 is 2.19 bits per heavy atom. The van der Waals surface area contributed by atoms with Gasteiger partial charge in [-0.05, 0) is 35.0 Å². The zero-order chi connectivity index (χ0) is 11.9. The number of phenols is 1. The van der Waals surface area contributed by atoms with Gasteiger partial charge in [0.25, 0.3) is 0 Å². The van der Waals surface area contributed by atoms with E-state index in [9.17, 15) is 9.90 Å². The van der Waals surface area contributed by atoms with E-state index in [0.29, 0.717) is 21.1 Å². The number of aromatic amines is 1. The fourth-order valence-electron chi connectivity index (χ4n) is 1.72. The molecule has 0 fully saturated rings. The van der Waals surface area contributed by atoms with Crippen molar-refractivity contribution in [2.24, 2.45) is 0 Å². The fourth-order valence-corrected chi connectivity index (χ4v) is 2.27.